The van der Waals surface area contributed by atoms with Gasteiger partial charge in [0.05, 0.1) is 6.26 Å². The zero-order valence-electron chi connectivity index (χ0n) is 13.7. The molecule has 1 saturated heterocycles. The number of hydrogen-bond acceptors (Lipinski definition) is 5. The number of likely N-dealkylation sites (tertiary alicyclic amines) is 1. The Morgan fingerprint density at radius 3 is 2.19 bits per heavy atom. The quantitative estimate of drug-likeness (QED) is 0.771. The van der Waals surface area contributed by atoms with Gasteiger partial charge in [-0.1, -0.05) is 0 Å². The van der Waals surface area contributed by atoms with E-state index in [1.165, 1.54) is 0 Å². The predicted octanol–water partition coefficient (Wildman–Crippen LogP) is 0.523. The maximum absolute atomic E-state index is 11.8. The maximum atomic E-state index is 11.8. The summed E-state index contributed by atoms with van der Waals surface area (Å²) in [6.45, 7) is 10.8. The zero-order chi connectivity index (χ0) is 16.5. The van der Waals surface area contributed by atoms with E-state index in [2.05, 4.69) is 10.0 Å². The fraction of sp³-hybridized carbons (Fsp3) is 0.923. The smallest absolute Gasteiger partial charge is 0.410 e. The van der Waals surface area contributed by atoms with Crippen molar-refractivity contribution in [2.75, 3.05) is 25.9 Å². The summed E-state index contributed by atoms with van der Waals surface area (Å²) in [5.74, 6) is 0. The SMILES string of the molecule is CC(C)(CNC1CN(C(=O)OC(C)(C)C)C1)NS(C)(=O)=O. The lowest BCUT2D eigenvalue weighted by atomic mass is 10.0. The molecule has 124 valence electrons. The molecule has 0 bridgehead atoms. The summed E-state index contributed by atoms with van der Waals surface area (Å²) in [7, 11) is -3.24. The highest BCUT2D eigenvalue weighted by atomic mass is 32.2. The third kappa shape index (κ3) is 7.10. The number of sulfonamides is 1. The summed E-state index contributed by atoms with van der Waals surface area (Å²) in [5.41, 5.74) is -1.06. The lowest BCUT2D eigenvalue weighted by Crippen LogP contribution is -2.63. The molecule has 7 nitrogen and oxygen atoms in total. The fourth-order valence-corrected chi connectivity index (χ4v) is 3.10. The Labute approximate surface area is 127 Å². The summed E-state index contributed by atoms with van der Waals surface area (Å²) in [6, 6.07) is 0.165. The van der Waals surface area contributed by atoms with Gasteiger partial charge in [0.25, 0.3) is 0 Å². The number of amides is 1. The van der Waals surface area contributed by atoms with Crippen LogP contribution in [0.3, 0.4) is 0 Å². The second kappa shape index (κ2) is 6.10. The minimum Gasteiger partial charge on any atom is -0.444 e. The zero-order valence-corrected chi connectivity index (χ0v) is 14.5. The van der Waals surface area contributed by atoms with Crippen LogP contribution in [0.4, 0.5) is 4.79 Å². The van der Waals surface area contributed by atoms with Crippen molar-refractivity contribution >= 4 is 16.1 Å². The van der Waals surface area contributed by atoms with E-state index < -0.39 is 21.2 Å². The molecule has 1 amide bonds. The van der Waals surface area contributed by atoms with Crippen LogP contribution in [0.1, 0.15) is 34.6 Å². The molecular weight excluding hydrogens is 294 g/mol. The van der Waals surface area contributed by atoms with Crippen LogP contribution >= 0.6 is 0 Å². The molecule has 0 unspecified atom stereocenters. The van der Waals surface area contributed by atoms with Crippen molar-refractivity contribution in [2.45, 2.75) is 51.8 Å². The Bertz CT molecular complexity index is 476. The minimum absolute atomic E-state index is 0.165. The molecule has 0 spiro atoms. The van der Waals surface area contributed by atoms with Crippen LogP contribution in [0.15, 0.2) is 0 Å². The van der Waals surface area contributed by atoms with Gasteiger partial charge in [-0.2, -0.15) is 0 Å². The molecule has 0 aromatic carbocycles. The summed E-state index contributed by atoms with van der Waals surface area (Å²) in [5, 5.41) is 3.25. The standard InChI is InChI=1S/C13H27N3O4S/c1-12(2,3)20-11(17)16-7-10(8-16)14-9-13(4,5)15-21(6,18)19/h10,14-15H,7-9H2,1-6H3. The van der Waals surface area contributed by atoms with Crippen LogP contribution in [0.2, 0.25) is 0 Å². The van der Waals surface area contributed by atoms with E-state index in [4.69, 9.17) is 4.74 Å². The predicted molar refractivity (Wildman–Crippen MR) is 81.7 cm³/mol. The van der Waals surface area contributed by atoms with Gasteiger partial charge in [0.15, 0.2) is 0 Å². The minimum atomic E-state index is -3.24. The first-order valence-electron chi connectivity index (χ1n) is 6.98. The molecule has 0 saturated carbocycles. The number of nitrogens with one attached hydrogen (secondary N) is 2. The topological polar surface area (TPSA) is 87.7 Å². The van der Waals surface area contributed by atoms with E-state index in [9.17, 15) is 13.2 Å². The van der Waals surface area contributed by atoms with E-state index in [0.717, 1.165) is 6.26 Å². The largest absolute Gasteiger partial charge is 0.444 e. The average molecular weight is 321 g/mol. The molecule has 0 aliphatic carbocycles. The molecule has 0 atom stereocenters. The Balaban J connectivity index is 2.31. The number of carbonyl (C=O) groups excluding carboxylic acids is 1. The number of ether oxygens (including phenoxy) is 1. The third-order valence-corrected chi connectivity index (χ3v) is 3.75. The number of carbonyl (C=O) groups is 1. The van der Waals surface area contributed by atoms with Gasteiger partial charge in [-0.3, -0.25) is 0 Å². The van der Waals surface area contributed by atoms with Gasteiger partial charge in [-0.25, -0.2) is 17.9 Å². The Hall–Kier alpha value is -0.860. The second-order valence-electron chi connectivity index (χ2n) is 7.22. The highest BCUT2D eigenvalue weighted by Crippen LogP contribution is 2.15. The molecule has 2 N–H and O–H groups in total. The molecule has 1 aliphatic heterocycles. The lowest BCUT2D eigenvalue weighted by molar-refractivity contribution is 0.00497. The Morgan fingerprint density at radius 1 is 1.24 bits per heavy atom. The normalized spacial score (nSPS) is 17.5. The van der Waals surface area contributed by atoms with Crippen LogP contribution in [0.25, 0.3) is 0 Å². The van der Waals surface area contributed by atoms with Gasteiger partial charge in [-0.15, -0.1) is 0 Å². The molecule has 1 fully saturated rings. The van der Waals surface area contributed by atoms with Crippen molar-refractivity contribution < 1.29 is 17.9 Å². The Kier molecular flexibility index (Phi) is 5.28. The van der Waals surface area contributed by atoms with Gasteiger partial charge in [-0.05, 0) is 34.6 Å². The van der Waals surface area contributed by atoms with E-state index in [1.807, 2.05) is 34.6 Å². The highest BCUT2D eigenvalue weighted by Gasteiger charge is 2.34. The van der Waals surface area contributed by atoms with E-state index >= 15 is 0 Å². The van der Waals surface area contributed by atoms with Crippen LogP contribution in [0, 0.1) is 0 Å². The van der Waals surface area contributed by atoms with Crippen LogP contribution in [-0.2, 0) is 14.8 Å². The first kappa shape index (κ1) is 18.2. The fourth-order valence-electron chi connectivity index (χ4n) is 2.02. The summed E-state index contributed by atoms with van der Waals surface area (Å²) in [6.07, 6.45) is 0.830. The molecular formula is C13H27N3O4S. The number of rotatable bonds is 5. The monoisotopic (exact) mass is 321 g/mol. The van der Waals surface area contributed by atoms with Crippen LogP contribution < -0.4 is 10.0 Å². The van der Waals surface area contributed by atoms with Gasteiger partial charge in [0.2, 0.25) is 10.0 Å². The number of nitrogens with zero attached hydrogens (tertiary/aromatic N) is 1. The Morgan fingerprint density at radius 2 is 1.76 bits per heavy atom. The van der Waals surface area contributed by atoms with E-state index in [-0.39, 0.29) is 12.1 Å². The van der Waals surface area contributed by atoms with Crippen molar-refractivity contribution in [1.82, 2.24) is 14.9 Å². The molecule has 8 heteroatoms. The molecule has 21 heavy (non-hydrogen) atoms. The average Bonchev–Trinajstić information content (AvgIpc) is 2.06. The molecule has 1 rings (SSSR count). The first-order chi connectivity index (χ1) is 9.27. The van der Waals surface area contributed by atoms with Crippen molar-refractivity contribution in [3.05, 3.63) is 0 Å². The molecule has 1 heterocycles. The van der Waals surface area contributed by atoms with Crippen molar-refractivity contribution in [3.63, 3.8) is 0 Å². The molecule has 1 aliphatic rings. The maximum Gasteiger partial charge on any atom is 0.410 e. The summed E-state index contributed by atoms with van der Waals surface area (Å²) >= 11 is 0. The van der Waals surface area contributed by atoms with Crippen molar-refractivity contribution in [2.24, 2.45) is 0 Å². The number of hydrogen-bond donors (Lipinski definition) is 2. The van der Waals surface area contributed by atoms with Crippen LogP contribution in [0.5, 0.6) is 0 Å². The molecule has 0 radical (unpaired) electrons. The molecule has 0 aromatic rings. The first-order valence-corrected chi connectivity index (χ1v) is 8.87. The lowest BCUT2D eigenvalue weighted by Gasteiger charge is -2.41. The van der Waals surface area contributed by atoms with E-state index in [1.54, 1.807) is 4.90 Å². The van der Waals surface area contributed by atoms with Crippen molar-refractivity contribution in [3.8, 4) is 0 Å². The van der Waals surface area contributed by atoms with Gasteiger partial charge < -0.3 is 15.0 Å². The van der Waals surface area contributed by atoms with Crippen molar-refractivity contribution in [1.29, 1.82) is 0 Å². The van der Waals surface area contributed by atoms with Crippen LogP contribution in [-0.4, -0.2) is 62.5 Å². The highest BCUT2D eigenvalue weighted by molar-refractivity contribution is 7.88. The summed E-state index contributed by atoms with van der Waals surface area (Å²) in [4.78, 5) is 13.4. The van der Waals surface area contributed by atoms with Gasteiger partial charge >= 0.3 is 6.09 Å². The van der Waals surface area contributed by atoms with E-state index in [0.29, 0.717) is 19.6 Å². The third-order valence-electron chi connectivity index (χ3n) is 2.83. The second-order valence-corrected chi connectivity index (χ2v) is 8.97. The van der Waals surface area contributed by atoms with Gasteiger partial charge in [0, 0.05) is 31.2 Å². The summed E-state index contributed by atoms with van der Waals surface area (Å²) < 4.78 is 30.3. The molecule has 0 aromatic heterocycles. The van der Waals surface area contributed by atoms with Gasteiger partial charge in [0.1, 0.15) is 5.60 Å².